The van der Waals surface area contributed by atoms with Crippen LogP contribution in [0, 0.1) is 0 Å². The Labute approximate surface area is 86.1 Å². The Hall–Kier alpha value is -1.98. The summed E-state index contributed by atoms with van der Waals surface area (Å²) in [4.78, 5) is 30.0. The molecule has 1 saturated heterocycles. The van der Waals surface area contributed by atoms with Crippen molar-refractivity contribution in [1.29, 1.82) is 0 Å². The van der Waals surface area contributed by atoms with Gasteiger partial charge in [-0.3, -0.25) is 14.9 Å². The van der Waals surface area contributed by atoms with E-state index in [1.807, 2.05) is 0 Å². The highest BCUT2D eigenvalue weighted by molar-refractivity contribution is 6.01. The van der Waals surface area contributed by atoms with Crippen molar-refractivity contribution >= 4 is 17.6 Å². The Morgan fingerprint density at radius 1 is 1.47 bits per heavy atom. The Morgan fingerprint density at radius 2 is 2.33 bits per heavy atom. The molecule has 2 N–H and O–H groups in total. The topological polar surface area (TPSA) is 84.0 Å². The zero-order valence-corrected chi connectivity index (χ0v) is 7.93. The number of imide groups is 1. The monoisotopic (exact) mass is 206 g/mol. The molecule has 15 heavy (non-hydrogen) atoms. The zero-order chi connectivity index (χ0) is 10.7. The summed E-state index contributed by atoms with van der Waals surface area (Å²) in [6.07, 6.45) is 3.83. The lowest BCUT2D eigenvalue weighted by atomic mass is 10.1. The van der Waals surface area contributed by atoms with Crippen molar-refractivity contribution in [2.24, 2.45) is 0 Å². The first-order chi connectivity index (χ1) is 7.25. The first kappa shape index (κ1) is 9.57. The van der Waals surface area contributed by atoms with Crippen LogP contribution in [0.3, 0.4) is 0 Å². The van der Waals surface area contributed by atoms with Gasteiger partial charge in [0.15, 0.2) is 0 Å². The van der Waals surface area contributed by atoms with Crippen LogP contribution in [-0.4, -0.2) is 27.8 Å². The fraction of sp³-hybridized carbons (Fsp3) is 0.333. The van der Waals surface area contributed by atoms with Crippen molar-refractivity contribution < 1.29 is 9.59 Å². The molecule has 2 rings (SSSR count). The van der Waals surface area contributed by atoms with Crippen LogP contribution in [0.2, 0.25) is 0 Å². The van der Waals surface area contributed by atoms with Crippen molar-refractivity contribution in [2.75, 3.05) is 5.32 Å². The third kappa shape index (κ3) is 2.28. The molecule has 0 aromatic carbocycles. The van der Waals surface area contributed by atoms with Gasteiger partial charge in [-0.05, 0) is 12.5 Å². The number of carbonyl (C=O) groups is 2. The van der Waals surface area contributed by atoms with Crippen LogP contribution in [0.15, 0.2) is 18.6 Å². The second-order valence-corrected chi connectivity index (χ2v) is 3.24. The molecule has 0 bridgehead atoms. The molecule has 6 nitrogen and oxygen atoms in total. The number of amides is 2. The number of hydrogen-bond donors (Lipinski definition) is 2. The number of aromatic nitrogens is 2. The highest BCUT2D eigenvalue weighted by atomic mass is 16.2. The molecule has 2 amide bonds. The van der Waals surface area contributed by atoms with Crippen LogP contribution in [-0.2, 0) is 9.59 Å². The minimum Gasteiger partial charge on any atom is -0.358 e. The normalized spacial score (nSPS) is 20.9. The van der Waals surface area contributed by atoms with Crippen LogP contribution in [0.25, 0.3) is 0 Å². The molecule has 0 aliphatic carbocycles. The first-order valence-electron chi connectivity index (χ1n) is 4.62. The maximum absolute atomic E-state index is 11.4. The summed E-state index contributed by atoms with van der Waals surface area (Å²) < 4.78 is 0. The van der Waals surface area contributed by atoms with Gasteiger partial charge >= 0.3 is 0 Å². The molecule has 6 heteroatoms. The van der Waals surface area contributed by atoms with Crippen molar-refractivity contribution in [1.82, 2.24) is 15.3 Å². The van der Waals surface area contributed by atoms with Crippen molar-refractivity contribution in [3.63, 3.8) is 0 Å². The third-order valence-electron chi connectivity index (χ3n) is 2.14. The number of nitrogens with zero attached hydrogens (tertiary/aromatic N) is 2. The molecule has 0 saturated carbocycles. The van der Waals surface area contributed by atoms with Gasteiger partial charge < -0.3 is 5.32 Å². The molecular formula is C9H10N4O2. The number of carbonyl (C=O) groups excluding carboxylic acids is 2. The number of piperidine rings is 1. The van der Waals surface area contributed by atoms with E-state index in [0.29, 0.717) is 18.7 Å². The minimum absolute atomic E-state index is 0.222. The Bertz CT molecular complexity index is 379. The second-order valence-electron chi connectivity index (χ2n) is 3.24. The quantitative estimate of drug-likeness (QED) is 0.649. The molecule has 1 fully saturated rings. The molecule has 78 valence electrons. The van der Waals surface area contributed by atoms with Gasteiger partial charge in [-0.25, -0.2) is 9.97 Å². The predicted octanol–water partition coefficient (Wildman–Crippen LogP) is -0.306. The highest BCUT2D eigenvalue weighted by Crippen LogP contribution is 2.10. The third-order valence-corrected chi connectivity index (χ3v) is 2.14. The molecule has 1 aromatic heterocycles. The van der Waals surface area contributed by atoms with Gasteiger partial charge in [-0.15, -0.1) is 0 Å². The van der Waals surface area contributed by atoms with E-state index in [1.54, 1.807) is 12.3 Å². The van der Waals surface area contributed by atoms with Gasteiger partial charge in [-0.2, -0.15) is 0 Å². The van der Waals surface area contributed by atoms with Gasteiger partial charge in [0.2, 0.25) is 11.8 Å². The number of nitrogens with one attached hydrogen (secondary N) is 2. The first-order valence-corrected chi connectivity index (χ1v) is 4.62. The van der Waals surface area contributed by atoms with E-state index >= 15 is 0 Å². The van der Waals surface area contributed by atoms with E-state index < -0.39 is 6.04 Å². The SMILES string of the molecule is O=C1CCC(Nc2ccncn2)C(=O)N1. The fourth-order valence-corrected chi connectivity index (χ4v) is 1.39. The summed E-state index contributed by atoms with van der Waals surface area (Å²) in [6, 6.07) is 1.28. The number of rotatable bonds is 2. The summed E-state index contributed by atoms with van der Waals surface area (Å²) in [7, 11) is 0. The summed E-state index contributed by atoms with van der Waals surface area (Å²) in [5.41, 5.74) is 0. The van der Waals surface area contributed by atoms with Crippen molar-refractivity contribution in [3.05, 3.63) is 18.6 Å². The standard InChI is InChI=1S/C9H10N4O2/c14-8-2-1-6(9(15)13-8)12-7-3-4-10-5-11-7/h3-6H,1-2H2,(H,10,11,12)(H,13,14,15). The van der Waals surface area contributed by atoms with Gasteiger partial charge in [-0.1, -0.05) is 0 Å². The Balaban J connectivity index is 2.01. The summed E-state index contributed by atoms with van der Waals surface area (Å²) in [5, 5.41) is 5.20. The van der Waals surface area contributed by atoms with E-state index in [1.165, 1.54) is 6.33 Å². The van der Waals surface area contributed by atoms with Gasteiger partial charge in [0.05, 0.1) is 0 Å². The summed E-state index contributed by atoms with van der Waals surface area (Å²) in [6.45, 7) is 0. The van der Waals surface area contributed by atoms with Crippen LogP contribution in [0.5, 0.6) is 0 Å². The highest BCUT2D eigenvalue weighted by Gasteiger charge is 2.26. The van der Waals surface area contributed by atoms with Crippen molar-refractivity contribution in [3.8, 4) is 0 Å². The van der Waals surface area contributed by atoms with Gasteiger partial charge in [0, 0.05) is 12.6 Å². The zero-order valence-electron chi connectivity index (χ0n) is 7.93. The van der Waals surface area contributed by atoms with E-state index in [0.717, 1.165) is 0 Å². The largest absolute Gasteiger partial charge is 0.358 e. The van der Waals surface area contributed by atoms with E-state index in [-0.39, 0.29) is 11.8 Å². The lowest BCUT2D eigenvalue weighted by Gasteiger charge is -2.21. The van der Waals surface area contributed by atoms with E-state index in [9.17, 15) is 9.59 Å². The van der Waals surface area contributed by atoms with E-state index in [4.69, 9.17) is 0 Å². The molecule has 2 heterocycles. The summed E-state index contributed by atoms with van der Waals surface area (Å²) >= 11 is 0. The predicted molar refractivity (Wildman–Crippen MR) is 51.8 cm³/mol. The van der Waals surface area contributed by atoms with E-state index in [2.05, 4.69) is 20.6 Å². The van der Waals surface area contributed by atoms with Gasteiger partial charge in [0.25, 0.3) is 0 Å². The van der Waals surface area contributed by atoms with Crippen LogP contribution >= 0.6 is 0 Å². The molecular weight excluding hydrogens is 196 g/mol. The van der Waals surface area contributed by atoms with Gasteiger partial charge in [0.1, 0.15) is 18.2 Å². The fourth-order valence-electron chi connectivity index (χ4n) is 1.39. The Morgan fingerprint density at radius 3 is 3.00 bits per heavy atom. The average Bonchev–Trinajstić information content (AvgIpc) is 2.24. The molecule has 1 aromatic rings. The Kier molecular flexibility index (Phi) is 2.57. The lowest BCUT2D eigenvalue weighted by molar-refractivity contribution is -0.133. The maximum Gasteiger partial charge on any atom is 0.249 e. The average molecular weight is 206 g/mol. The molecule has 1 atom stereocenters. The molecule has 0 spiro atoms. The number of anilines is 1. The molecule has 1 unspecified atom stereocenters. The molecule has 1 aliphatic heterocycles. The van der Waals surface area contributed by atoms with Crippen LogP contribution < -0.4 is 10.6 Å². The van der Waals surface area contributed by atoms with Crippen molar-refractivity contribution in [2.45, 2.75) is 18.9 Å². The maximum atomic E-state index is 11.4. The number of hydrogen-bond acceptors (Lipinski definition) is 5. The van der Waals surface area contributed by atoms with Crippen LogP contribution in [0.4, 0.5) is 5.82 Å². The lowest BCUT2D eigenvalue weighted by Crippen LogP contribution is -2.47. The minimum atomic E-state index is -0.391. The smallest absolute Gasteiger partial charge is 0.249 e. The summed E-state index contributed by atoms with van der Waals surface area (Å²) in [5.74, 6) is 0.0603. The van der Waals surface area contributed by atoms with Crippen LogP contribution in [0.1, 0.15) is 12.8 Å². The second kappa shape index (κ2) is 4.04. The molecule has 0 radical (unpaired) electrons. The molecule has 1 aliphatic rings.